The Balaban J connectivity index is 1.91. The van der Waals surface area contributed by atoms with Crippen molar-refractivity contribution in [3.63, 3.8) is 0 Å². The average molecular weight is 251 g/mol. The van der Waals surface area contributed by atoms with E-state index in [1.54, 1.807) is 12.4 Å². The minimum absolute atomic E-state index is 0.694. The van der Waals surface area contributed by atoms with Crippen LogP contribution in [0.1, 0.15) is 26.7 Å². The molecule has 1 aliphatic rings. The van der Waals surface area contributed by atoms with Crippen molar-refractivity contribution in [3.8, 4) is 0 Å². The van der Waals surface area contributed by atoms with Crippen LogP contribution in [0, 0.1) is 11.8 Å². The topological polar surface area (TPSA) is 24.9 Å². The number of nitrogens with one attached hydrogen (secondary N) is 1. The fraction of sp³-hybridized carbons (Fsp3) is 0.500. The van der Waals surface area contributed by atoms with E-state index in [1.165, 1.54) is 18.4 Å². The average Bonchev–Trinajstić information content (AvgIpc) is 2.27. The first-order valence-electron chi connectivity index (χ1n) is 6.16. The van der Waals surface area contributed by atoms with Crippen molar-refractivity contribution in [2.24, 2.45) is 11.8 Å². The molecule has 1 aliphatic carbocycles. The number of hydrogen-bond acceptors (Lipinski definition) is 2. The monoisotopic (exact) mass is 250 g/mol. The highest BCUT2D eigenvalue weighted by molar-refractivity contribution is 6.33. The van der Waals surface area contributed by atoms with Gasteiger partial charge in [0.05, 0.1) is 16.9 Å². The minimum atomic E-state index is 0.694. The molecule has 0 saturated carbocycles. The Morgan fingerprint density at radius 1 is 1.53 bits per heavy atom. The molecule has 0 fully saturated rings. The van der Waals surface area contributed by atoms with Gasteiger partial charge in [-0.05, 0) is 37.7 Å². The van der Waals surface area contributed by atoms with Gasteiger partial charge in [-0.2, -0.15) is 0 Å². The van der Waals surface area contributed by atoms with E-state index < -0.39 is 0 Å². The van der Waals surface area contributed by atoms with E-state index in [9.17, 15) is 0 Å². The van der Waals surface area contributed by atoms with Crippen LogP contribution in [0.2, 0.25) is 5.02 Å². The zero-order valence-corrected chi connectivity index (χ0v) is 11.2. The van der Waals surface area contributed by atoms with Gasteiger partial charge in [0.2, 0.25) is 0 Å². The van der Waals surface area contributed by atoms with Gasteiger partial charge in [-0.15, -0.1) is 0 Å². The summed E-state index contributed by atoms with van der Waals surface area (Å²) in [5, 5.41) is 4.15. The van der Waals surface area contributed by atoms with Crippen LogP contribution in [-0.2, 0) is 0 Å². The second-order valence-electron chi connectivity index (χ2n) is 5.03. The Labute approximate surface area is 108 Å². The number of anilines is 1. The second kappa shape index (κ2) is 5.54. The van der Waals surface area contributed by atoms with Gasteiger partial charge in [0.15, 0.2) is 0 Å². The van der Waals surface area contributed by atoms with Crippen LogP contribution in [-0.4, -0.2) is 11.5 Å². The maximum atomic E-state index is 6.09. The minimum Gasteiger partial charge on any atom is -0.382 e. The maximum Gasteiger partial charge on any atom is 0.0716 e. The Bertz CT molecular complexity index is 414. The van der Waals surface area contributed by atoms with Gasteiger partial charge >= 0.3 is 0 Å². The van der Waals surface area contributed by atoms with Gasteiger partial charge < -0.3 is 5.32 Å². The molecule has 1 heterocycles. The smallest absolute Gasteiger partial charge is 0.0716 e. The Morgan fingerprint density at radius 2 is 2.35 bits per heavy atom. The number of hydrogen-bond donors (Lipinski definition) is 1. The number of allylic oxidation sites excluding steroid dienone is 2. The normalized spacial score (nSPS) is 24.3. The van der Waals surface area contributed by atoms with Crippen molar-refractivity contribution >= 4 is 17.3 Å². The lowest BCUT2D eigenvalue weighted by atomic mass is 9.84. The molecule has 3 heteroatoms. The van der Waals surface area contributed by atoms with E-state index in [4.69, 9.17) is 11.6 Å². The van der Waals surface area contributed by atoms with E-state index in [-0.39, 0.29) is 0 Å². The Kier molecular flexibility index (Phi) is 4.06. The molecule has 92 valence electrons. The second-order valence-corrected chi connectivity index (χ2v) is 5.44. The summed E-state index contributed by atoms with van der Waals surface area (Å²) in [4.78, 5) is 4.08. The van der Waals surface area contributed by atoms with E-state index in [0.29, 0.717) is 11.8 Å². The summed E-state index contributed by atoms with van der Waals surface area (Å²) in [6, 6.07) is 1.82. The Hall–Kier alpha value is -1.02. The fourth-order valence-electron chi connectivity index (χ4n) is 2.60. The number of nitrogens with zero attached hydrogens (tertiary/aromatic N) is 1. The molecule has 2 unspecified atom stereocenters. The van der Waals surface area contributed by atoms with E-state index in [0.717, 1.165) is 17.3 Å². The van der Waals surface area contributed by atoms with Crippen LogP contribution in [0.3, 0.4) is 0 Å². The molecule has 17 heavy (non-hydrogen) atoms. The van der Waals surface area contributed by atoms with Gasteiger partial charge in [-0.3, -0.25) is 4.98 Å². The zero-order valence-electron chi connectivity index (χ0n) is 10.4. The van der Waals surface area contributed by atoms with Crippen LogP contribution in [0.5, 0.6) is 0 Å². The highest BCUT2D eigenvalue weighted by Gasteiger charge is 2.17. The summed E-state index contributed by atoms with van der Waals surface area (Å²) in [6.45, 7) is 5.48. The van der Waals surface area contributed by atoms with E-state index in [1.807, 2.05) is 6.07 Å². The standard InChI is InChI=1S/C14H19ClN2/c1-10-5-11(2)7-12(6-10)8-17-14-9-16-4-3-13(14)15/h3-5,9-10,12,17H,6-8H2,1-2H3. The molecule has 0 radical (unpaired) electrons. The zero-order chi connectivity index (χ0) is 12.3. The van der Waals surface area contributed by atoms with Gasteiger partial charge in [0.1, 0.15) is 0 Å². The van der Waals surface area contributed by atoms with Gasteiger partial charge in [0.25, 0.3) is 0 Å². The largest absolute Gasteiger partial charge is 0.382 e. The highest BCUT2D eigenvalue weighted by atomic mass is 35.5. The van der Waals surface area contributed by atoms with Crippen molar-refractivity contribution in [1.82, 2.24) is 4.98 Å². The molecule has 0 saturated heterocycles. The highest BCUT2D eigenvalue weighted by Crippen LogP contribution is 2.28. The van der Waals surface area contributed by atoms with Crippen LogP contribution >= 0.6 is 11.6 Å². The summed E-state index contributed by atoms with van der Waals surface area (Å²) in [7, 11) is 0. The molecule has 0 bridgehead atoms. The van der Waals surface area contributed by atoms with Crippen molar-refractivity contribution < 1.29 is 0 Å². The number of pyridine rings is 1. The maximum absolute atomic E-state index is 6.09. The lowest BCUT2D eigenvalue weighted by molar-refractivity contribution is 0.421. The molecule has 1 aromatic heterocycles. The molecule has 0 spiro atoms. The molecule has 2 nitrogen and oxygen atoms in total. The molecule has 0 aromatic carbocycles. The predicted octanol–water partition coefficient (Wildman–Crippen LogP) is 4.14. The van der Waals surface area contributed by atoms with E-state index in [2.05, 4.69) is 30.2 Å². The molecular formula is C14H19ClN2. The molecule has 2 atom stereocenters. The number of rotatable bonds is 3. The summed E-state index contributed by atoms with van der Waals surface area (Å²) in [5.74, 6) is 1.39. The summed E-state index contributed by atoms with van der Waals surface area (Å²) < 4.78 is 0. The molecule has 1 N–H and O–H groups in total. The van der Waals surface area contributed by atoms with Crippen molar-refractivity contribution in [2.75, 3.05) is 11.9 Å². The van der Waals surface area contributed by atoms with Gasteiger partial charge in [0, 0.05) is 12.7 Å². The summed E-state index contributed by atoms with van der Waals surface area (Å²) in [6.07, 6.45) is 8.32. The first-order valence-corrected chi connectivity index (χ1v) is 6.53. The van der Waals surface area contributed by atoms with Crippen LogP contribution in [0.25, 0.3) is 0 Å². The first-order chi connectivity index (χ1) is 8.15. The first kappa shape index (κ1) is 12.4. The number of halogens is 1. The van der Waals surface area contributed by atoms with Crippen LogP contribution < -0.4 is 5.32 Å². The SMILES string of the molecule is CC1=CC(C)CC(CNc2cnccc2Cl)C1. The number of aromatic nitrogens is 1. The summed E-state index contributed by atoms with van der Waals surface area (Å²) >= 11 is 6.09. The molecular weight excluding hydrogens is 232 g/mol. The van der Waals surface area contributed by atoms with Crippen LogP contribution in [0.4, 0.5) is 5.69 Å². The van der Waals surface area contributed by atoms with E-state index >= 15 is 0 Å². The molecule has 0 amide bonds. The third kappa shape index (κ3) is 3.47. The lowest BCUT2D eigenvalue weighted by Crippen LogP contribution is -2.20. The van der Waals surface area contributed by atoms with Gasteiger partial charge in [-0.25, -0.2) is 0 Å². The summed E-state index contributed by atoms with van der Waals surface area (Å²) in [5.41, 5.74) is 2.45. The van der Waals surface area contributed by atoms with Crippen LogP contribution in [0.15, 0.2) is 30.1 Å². The fourth-order valence-corrected chi connectivity index (χ4v) is 2.78. The van der Waals surface area contributed by atoms with Crippen molar-refractivity contribution in [3.05, 3.63) is 35.1 Å². The third-order valence-corrected chi connectivity index (χ3v) is 3.56. The molecule has 1 aromatic rings. The van der Waals surface area contributed by atoms with Crippen molar-refractivity contribution in [2.45, 2.75) is 26.7 Å². The lowest BCUT2D eigenvalue weighted by Gasteiger charge is -2.26. The quantitative estimate of drug-likeness (QED) is 0.816. The molecule has 2 rings (SSSR count). The molecule has 0 aliphatic heterocycles. The Morgan fingerprint density at radius 3 is 3.06 bits per heavy atom. The predicted molar refractivity (Wildman–Crippen MR) is 73.4 cm³/mol. The van der Waals surface area contributed by atoms with Gasteiger partial charge in [-0.1, -0.05) is 30.2 Å². The van der Waals surface area contributed by atoms with Crippen molar-refractivity contribution in [1.29, 1.82) is 0 Å². The third-order valence-electron chi connectivity index (χ3n) is 3.23.